The summed E-state index contributed by atoms with van der Waals surface area (Å²) in [6, 6.07) is 2.00. The largest absolute Gasteiger partial charge is 0.494 e. The van der Waals surface area contributed by atoms with Crippen LogP contribution in [0.5, 0.6) is 5.88 Å². The second-order valence-corrected chi connectivity index (χ2v) is 5.50. The lowest BCUT2D eigenvalue weighted by Crippen LogP contribution is -3.08. The van der Waals surface area contributed by atoms with Crippen LogP contribution in [0, 0.1) is 18.3 Å². The second-order valence-electron chi connectivity index (χ2n) is 5.50. The number of nitrogens with one attached hydrogen (secondary N) is 1. The van der Waals surface area contributed by atoms with Crippen molar-refractivity contribution in [1.29, 1.82) is 5.26 Å². The predicted octanol–water partition coefficient (Wildman–Crippen LogP) is 0.323. The van der Waals surface area contributed by atoms with Crippen LogP contribution in [0.2, 0.25) is 0 Å². The summed E-state index contributed by atoms with van der Waals surface area (Å²) in [7, 11) is 0. The van der Waals surface area contributed by atoms with Crippen LogP contribution in [0.4, 0.5) is 0 Å². The highest BCUT2D eigenvalue weighted by molar-refractivity contribution is 5.44. The van der Waals surface area contributed by atoms with Crippen LogP contribution in [0.1, 0.15) is 42.9 Å². The van der Waals surface area contributed by atoms with Gasteiger partial charge in [-0.2, -0.15) is 5.26 Å². The molecule has 5 nitrogen and oxygen atoms in total. The average molecular weight is 276 g/mol. The Morgan fingerprint density at radius 3 is 2.60 bits per heavy atom. The molecular formula is C15H22N3O2+. The Balaban J connectivity index is 2.51. The second kappa shape index (κ2) is 6.10. The molecule has 108 valence electrons. The lowest BCUT2D eigenvalue weighted by molar-refractivity contribution is -0.901. The zero-order valence-corrected chi connectivity index (χ0v) is 12.2. The van der Waals surface area contributed by atoms with E-state index in [-0.39, 0.29) is 17.0 Å². The first-order valence-electron chi connectivity index (χ1n) is 7.29. The summed E-state index contributed by atoms with van der Waals surface area (Å²) >= 11 is 0. The molecule has 1 aromatic rings. The first kappa shape index (κ1) is 14.6. The molecule has 0 spiro atoms. The van der Waals surface area contributed by atoms with Gasteiger partial charge in [0.2, 0.25) is 5.88 Å². The number of aromatic nitrogens is 1. The minimum absolute atomic E-state index is 0.0488. The van der Waals surface area contributed by atoms with E-state index in [9.17, 15) is 15.2 Å². The van der Waals surface area contributed by atoms with E-state index in [4.69, 9.17) is 0 Å². The van der Waals surface area contributed by atoms with Gasteiger partial charge < -0.3 is 10.0 Å². The van der Waals surface area contributed by atoms with Gasteiger partial charge in [-0.05, 0) is 18.9 Å². The van der Waals surface area contributed by atoms with Gasteiger partial charge in [0, 0.05) is 19.4 Å². The molecule has 0 aliphatic carbocycles. The van der Waals surface area contributed by atoms with Crippen LogP contribution in [0.3, 0.4) is 0 Å². The van der Waals surface area contributed by atoms with E-state index in [1.165, 1.54) is 22.3 Å². The molecule has 0 aromatic carbocycles. The molecule has 2 N–H and O–H groups in total. The van der Waals surface area contributed by atoms with Gasteiger partial charge in [-0.25, -0.2) is 0 Å². The van der Waals surface area contributed by atoms with Gasteiger partial charge in [0.15, 0.2) is 0 Å². The molecule has 0 amide bonds. The molecule has 0 bridgehead atoms. The fourth-order valence-corrected chi connectivity index (χ4v) is 2.95. The molecule has 2 heterocycles. The fraction of sp³-hybridized carbons (Fsp3) is 0.600. The zero-order chi connectivity index (χ0) is 14.7. The standard InChI is InChI=1S/C15H21N3O2/c1-3-6-18-14(19)12(9-16)11(2)13(15(18)20)10-17-7-4-5-8-17/h20H,3-8,10H2,1-2H3/p+1. The number of nitrogens with zero attached hydrogens (tertiary/aromatic N) is 2. The Labute approximate surface area is 119 Å². The summed E-state index contributed by atoms with van der Waals surface area (Å²) in [5.74, 6) is 0.0488. The van der Waals surface area contributed by atoms with Gasteiger partial charge in [0.1, 0.15) is 18.2 Å². The van der Waals surface area contributed by atoms with Crippen molar-refractivity contribution in [2.45, 2.75) is 46.2 Å². The van der Waals surface area contributed by atoms with Crippen molar-refractivity contribution in [2.75, 3.05) is 13.1 Å². The maximum absolute atomic E-state index is 12.2. The molecule has 1 aliphatic heterocycles. The third-order valence-electron chi connectivity index (χ3n) is 4.11. The van der Waals surface area contributed by atoms with Crippen LogP contribution in [0.25, 0.3) is 0 Å². The van der Waals surface area contributed by atoms with Crippen molar-refractivity contribution in [1.82, 2.24) is 4.57 Å². The molecule has 1 aliphatic rings. The molecule has 0 saturated carbocycles. The molecule has 2 rings (SSSR count). The minimum atomic E-state index is -0.371. The monoisotopic (exact) mass is 276 g/mol. The number of quaternary nitrogens is 1. The third kappa shape index (κ3) is 2.56. The first-order chi connectivity index (χ1) is 9.60. The number of hydrogen-bond acceptors (Lipinski definition) is 3. The Morgan fingerprint density at radius 2 is 2.05 bits per heavy atom. The molecule has 1 saturated heterocycles. The molecule has 1 aromatic heterocycles. The summed E-state index contributed by atoms with van der Waals surface area (Å²) in [6.45, 7) is 7.03. The maximum Gasteiger partial charge on any atom is 0.271 e. The smallest absolute Gasteiger partial charge is 0.271 e. The van der Waals surface area contributed by atoms with E-state index in [2.05, 4.69) is 0 Å². The van der Waals surface area contributed by atoms with Gasteiger partial charge in [-0.3, -0.25) is 9.36 Å². The van der Waals surface area contributed by atoms with Gasteiger partial charge in [0.05, 0.1) is 18.7 Å². The predicted molar refractivity (Wildman–Crippen MR) is 75.7 cm³/mol. The van der Waals surface area contributed by atoms with E-state index < -0.39 is 0 Å². The van der Waals surface area contributed by atoms with Gasteiger partial charge in [-0.1, -0.05) is 6.92 Å². The summed E-state index contributed by atoms with van der Waals surface area (Å²) < 4.78 is 1.34. The molecule has 1 fully saturated rings. The Morgan fingerprint density at radius 1 is 1.40 bits per heavy atom. The van der Waals surface area contributed by atoms with Crippen LogP contribution in [-0.4, -0.2) is 22.8 Å². The van der Waals surface area contributed by atoms with Crippen molar-refractivity contribution >= 4 is 0 Å². The highest BCUT2D eigenvalue weighted by Gasteiger charge is 2.24. The summed E-state index contributed by atoms with van der Waals surface area (Å²) in [6.07, 6.45) is 3.15. The van der Waals surface area contributed by atoms with Crippen LogP contribution >= 0.6 is 0 Å². The van der Waals surface area contributed by atoms with Gasteiger partial charge >= 0.3 is 0 Å². The van der Waals surface area contributed by atoms with Crippen molar-refractivity contribution < 1.29 is 10.0 Å². The van der Waals surface area contributed by atoms with Gasteiger partial charge in [-0.15, -0.1) is 0 Å². The molecular weight excluding hydrogens is 254 g/mol. The van der Waals surface area contributed by atoms with E-state index in [1.807, 2.05) is 13.0 Å². The Hall–Kier alpha value is -1.80. The van der Waals surface area contributed by atoms with Gasteiger partial charge in [0.25, 0.3) is 5.56 Å². The third-order valence-corrected chi connectivity index (χ3v) is 4.11. The quantitative estimate of drug-likeness (QED) is 0.832. The summed E-state index contributed by atoms with van der Waals surface area (Å²) in [5, 5.41) is 19.6. The Kier molecular flexibility index (Phi) is 4.46. The summed E-state index contributed by atoms with van der Waals surface area (Å²) in [4.78, 5) is 13.6. The maximum atomic E-state index is 12.2. The highest BCUT2D eigenvalue weighted by Crippen LogP contribution is 2.21. The number of aromatic hydroxyl groups is 1. The molecule has 0 atom stereocenters. The number of hydrogen-bond donors (Lipinski definition) is 2. The number of likely N-dealkylation sites (tertiary alicyclic amines) is 1. The number of rotatable bonds is 4. The number of pyridine rings is 1. The van der Waals surface area contributed by atoms with Crippen molar-refractivity contribution in [3.05, 3.63) is 27.0 Å². The lowest BCUT2D eigenvalue weighted by Gasteiger charge is -2.18. The molecule has 5 heteroatoms. The van der Waals surface area contributed by atoms with Crippen molar-refractivity contribution in [3.8, 4) is 11.9 Å². The molecule has 20 heavy (non-hydrogen) atoms. The van der Waals surface area contributed by atoms with E-state index >= 15 is 0 Å². The molecule has 0 radical (unpaired) electrons. The minimum Gasteiger partial charge on any atom is -0.494 e. The fourth-order valence-electron chi connectivity index (χ4n) is 2.95. The van der Waals surface area contributed by atoms with E-state index in [0.29, 0.717) is 18.7 Å². The average Bonchev–Trinajstić information content (AvgIpc) is 2.93. The lowest BCUT2D eigenvalue weighted by atomic mass is 10.0. The summed E-state index contributed by atoms with van der Waals surface area (Å²) in [5.41, 5.74) is 1.20. The zero-order valence-electron chi connectivity index (χ0n) is 12.2. The number of nitriles is 1. The SMILES string of the molecule is CCCn1c(O)c(C[NH+]2CCCC2)c(C)c(C#N)c1=O. The molecule has 0 unspecified atom stereocenters. The van der Waals surface area contributed by atoms with Crippen LogP contribution in [-0.2, 0) is 13.1 Å². The highest BCUT2D eigenvalue weighted by atomic mass is 16.3. The van der Waals surface area contributed by atoms with E-state index in [0.717, 1.165) is 25.1 Å². The van der Waals surface area contributed by atoms with Crippen molar-refractivity contribution in [2.24, 2.45) is 0 Å². The van der Waals surface area contributed by atoms with Crippen LogP contribution in [0.15, 0.2) is 4.79 Å². The first-order valence-corrected chi connectivity index (χ1v) is 7.29. The van der Waals surface area contributed by atoms with Crippen molar-refractivity contribution in [3.63, 3.8) is 0 Å². The normalized spacial score (nSPS) is 15.4. The topological polar surface area (TPSA) is 70.5 Å². The Bertz CT molecular complexity index is 593. The van der Waals surface area contributed by atoms with Crippen LogP contribution < -0.4 is 10.5 Å². The van der Waals surface area contributed by atoms with E-state index in [1.54, 1.807) is 6.92 Å².